The van der Waals surface area contributed by atoms with E-state index in [9.17, 15) is 23.2 Å². The molecule has 166 valence electrons. The van der Waals surface area contributed by atoms with Crippen molar-refractivity contribution < 1.29 is 27.7 Å². The highest BCUT2D eigenvalue weighted by molar-refractivity contribution is 5.94. The molecule has 2 aromatic rings. The summed E-state index contributed by atoms with van der Waals surface area (Å²) in [5.74, 6) is -2.02. The summed E-state index contributed by atoms with van der Waals surface area (Å²) in [6.45, 7) is 5.21. The number of carbonyl (C=O) groups is 3. The molecular formula is C21H24F2N4O4. The zero-order chi connectivity index (χ0) is 22.5. The molecular weight excluding hydrogens is 410 g/mol. The Balaban J connectivity index is 1.42. The summed E-state index contributed by atoms with van der Waals surface area (Å²) in [4.78, 5) is 40.2. The first-order chi connectivity index (χ1) is 14.8. The molecule has 1 aromatic heterocycles. The van der Waals surface area contributed by atoms with Crippen LogP contribution in [0, 0.1) is 25.5 Å². The first-order valence-electron chi connectivity index (χ1n) is 9.97. The number of rotatable bonds is 6. The maximum atomic E-state index is 13.6. The molecule has 1 aliphatic heterocycles. The van der Waals surface area contributed by atoms with Gasteiger partial charge in [-0.2, -0.15) is 0 Å². The van der Waals surface area contributed by atoms with Crippen LogP contribution in [0.15, 0.2) is 22.7 Å². The van der Waals surface area contributed by atoms with Gasteiger partial charge in [0.15, 0.2) is 0 Å². The van der Waals surface area contributed by atoms with E-state index in [1.54, 1.807) is 23.6 Å². The van der Waals surface area contributed by atoms with E-state index in [0.29, 0.717) is 43.7 Å². The minimum absolute atomic E-state index is 0.0275. The Labute approximate surface area is 178 Å². The number of halogens is 2. The predicted molar refractivity (Wildman–Crippen MR) is 106 cm³/mol. The van der Waals surface area contributed by atoms with Crippen LogP contribution in [-0.2, 0) is 16.0 Å². The number of piperazine rings is 1. The van der Waals surface area contributed by atoms with Gasteiger partial charge in [-0.25, -0.2) is 8.78 Å². The maximum Gasteiger partial charge on any atom is 0.254 e. The Morgan fingerprint density at radius 1 is 1.06 bits per heavy atom. The van der Waals surface area contributed by atoms with Gasteiger partial charge >= 0.3 is 0 Å². The van der Waals surface area contributed by atoms with E-state index < -0.39 is 17.5 Å². The number of nitrogens with one attached hydrogen (secondary N) is 1. The van der Waals surface area contributed by atoms with Crippen molar-refractivity contribution in [2.45, 2.75) is 26.7 Å². The van der Waals surface area contributed by atoms with Gasteiger partial charge in [-0.1, -0.05) is 5.16 Å². The molecule has 1 saturated heterocycles. The minimum atomic E-state index is -0.957. The van der Waals surface area contributed by atoms with Crippen molar-refractivity contribution in [1.29, 1.82) is 0 Å². The molecule has 0 aliphatic carbocycles. The quantitative estimate of drug-likeness (QED) is 0.745. The molecule has 0 radical (unpaired) electrons. The van der Waals surface area contributed by atoms with Gasteiger partial charge in [-0.3, -0.25) is 14.4 Å². The van der Waals surface area contributed by atoms with Gasteiger partial charge in [0, 0.05) is 50.8 Å². The summed E-state index contributed by atoms with van der Waals surface area (Å²) in [5, 5.41) is 6.32. The summed E-state index contributed by atoms with van der Waals surface area (Å²) >= 11 is 0. The molecule has 10 heteroatoms. The Kier molecular flexibility index (Phi) is 6.98. The summed E-state index contributed by atoms with van der Waals surface area (Å²) in [6.07, 6.45) is 0.253. The Hall–Kier alpha value is -3.30. The number of aryl methyl sites for hydroxylation is 2. The highest BCUT2D eigenvalue weighted by Crippen LogP contribution is 2.15. The van der Waals surface area contributed by atoms with Crippen LogP contribution in [0.2, 0.25) is 0 Å². The van der Waals surface area contributed by atoms with E-state index in [1.807, 2.05) is 0 Å². The van der Waals surface area contributed by atoms with Gasteiger partial charge in [0.25, 0.3) is 5.91 Å². The number of carbonyl (C=O) groups excluding carboxylic acids is 3. The van der Waals surface area contributed by atoms with Crippen LogP contribution in [-0.4, -0.2) is 65.4 Å². The zero-order valence-corrected chi connectivity index (χ0v) is 17.4. The second kappa shape index (κ2) is 9.67. The van der Waals surface area contributed by atoms with E-state index in [0.717, 1.165) is 17.7 Å². The van der Waals surface area contributed by atoms with Crippen molar-refractivity contribution in [3.8, 4) is 0 Å². The van der Waals surface area contributed by atoms with Crippen LogP contribution in [0.5, 0.6) is 0 Å². The zero-order valence-electron chi connectivity index (χ0n) is 17.4. The Morgan fingerprint density at radius 3 is 2.29 bits per heavy atom. The van der Waals surface area contributed by atoms with E-state index in [4.69, 9.17) is 4.52 Å². The van der Waals surface area contributed by atoms with Crippen molar-refractivity contribution in [2.24, 2.45) is 0 Å². The summed E-state index contributed by atoms with van der Waals surface area (Å²) in [6, 6.07) is 2.68. The monoisotopic (exact) mass is 434 g/mol. The number of hydrogen-bond acceptors (Lipinski definition) is 5. The van der Waals surface area contributed by atoms with Crippen molar-refractivity contribution in [3.63, 3.8) is 0 Å². The largest absolute Gasteiger partial charge is 0.361 e. The van der Waals surface area contributed by atoms with Crippen LogP contribution >= 0.6 is 0 Å². The fraction of sp³-hybridized carbons (Fsp3) is 0.429. The van der Waals surface area contributed by atoms with Crippen LogP contribution in [0.1, 0.15) is 33.8 Å². The summed E-state index contributed by atoms with van der Waals surface area (Å²) in [5.41, 5.74) is 1.21. The van der Waals surface area contributed by atoms with Gasteiger partial charge in [-0.15, -0.1) is 0 Å². The third kappa shape index (κ3) is 5.44. The number of benzene rings is 1. The van der Waals surface area contributed by atoms with Crippen molar-refractivity contribution >= 4 is 17.7 Å². The van der Waals surface area contributed by atoms with Gasteiger partial charge < -0.3 is 19.6 Å². The lowest BCUT2D eigenvalue weighted by molar-refractivity contribution is -0.139. The predicted octanol–water partition coefficient (Wildman–Crippen LogP) is 1.60. The summed E-state index contributed by atoms with van der Waals surface area (Å²) in [7, 11) is 0. The lowest BCUT2D eigenvalue weighted by Gasteiger charge is -2.35. The van der Waals surface area contributed by atoms with Crippen molar-refractivity contribution in [2.75, 3.05) is 32.7 Å². The molecule has 31 heavy (non-hydrogen) atoms. The van der Waals surface area contributed by atoms with E-state index in [1.165, 1.54) is 0 Å². The molecule has 0 bridgehead atoms. The first-order valence-corrected chi connectivity index (χ1v) is 9.97. The number of amides is 3. The second-order valence-electron chi connectivity index (χ2n) is 7.37. The van der Waals surface area contributed by atoms with Crippen LogP contribution in [0.3, 0.4) is 0 Å². The molecule has 0 unspecified atom stereocenters. The molecule has 3 amide bonds. The average molecular weight is 434 g/mol. The lowest BCUT2D eigenvalue weighted by atomic mass is 10.1. The highest BCUT2D eigenvalue weighted by atomic mass is 19.1. The summed E-state index contributed by atoms with van der Waals surface area (Å²) < 4.78 is 31.6. The van der Waals surface area contributed by atoms with E-state index in [-0.39, 0.29) is 36.8 Å². The van der Waals surface area contributed by atoms with Crippen LogP contribution in [0.4, 0.5) is 8.78 Å². The molecule has 1 aromatic carbocycles. The van der Waals surface area contributed by atoms with Gasteiger partial charge in [0.1, 0.15) is 17.4 Å². The van der Waals surface area contributed by atoms with Crippen LogP contribution < -0.4 is 5.32 Å². The first kappa shape index (κ1) is 22.4. The molecule has 2 heterocycles. The standard InChI is InChI=1S/C21H24F2N4O4/c1-13-17(14(2)31-25-13)12-20(29)27-9-7-26(8-10-27)19(28)5-6-24-21(30)16-4-3-15(22)11-18(16)23/h3-4,11H,5-10,12H2,1-2H3,(H,24,30). The molecule has 1 N–H and O–H groups in total. The number of aromatic nitrogens is 1. The third-order valence-corrected chi connectivity index (χ3v) is 5.29. The molecule has 0 atom stereocenters. The molecule has 8 nitrogen and oxygen atoms in total. The molecule has 0 saturated carbocycles. The van der Waals surface area contributed by atoms with E-state index >= 15 is 0 Å². The Bertz CT molecular complexity index is 964. The average Bonchev–Trinajstić information content (AvgIpc) is 3.05. The minimum Gasteiger partial charge on any atom is -0.361 e. The van der Waals surface area contributed by atoms with Crippen molar-refractivity contribution in [3.05, 3.63) is 52.4 Å². The topological polar surface area (TPSA) is 95.8 Å². The number of hydrogen-bond donors (Lipinski definition) is 1. The SMILES string of the molecule is Cc1noc(C)c1CC(=O)N1CCN(C(=O)CCNC(=O)c2ccc(F)cc2F)CC1. The van der Waals surface area contributed by atoms with Gasteiger partial charge in [0.05, 0.1) is 17.7 Å². The normalized spacial score (nSPS) is 13.9. The Morgan fingerprint density at radius 2 is 1.71 bits per heavy atom. The fourth-order valence-corrected chi connectivity index (χ4v) is 3.43. The second-order valence-corrected chi connectivity index (χ2v) is 7.37. The van der Waals surface area contributed by atoms with Crippen LogP contribution in [0.25, 0.3) is 0 Å². The maximum absolute atomic E-state index is 13.6. The molecule has 1 fully saturated rings. The van der Waals surface area contributed by atoms with Crippen molar-refractivity contribution in [1.82, 2.24) is 20.3 Å². The molecule has 0 spiro atoms. The van der Waals surface area contributed by atoms with Gasteiger partial charge in [0.2, 0.25) is 11.8 Å². The van der Waals surface area contributed by atoms with E-state index in [2.05, 4.69) is 10.5 Å². The molecule has 1 aliphatic rings. The fourth-order valence-electron chi connectivity index (χ4n) is 3.43. The lowest BCUT2D eigenvalue weighted by Crippen LogP contribution is -2.51. The highest BCUT2D eigenvalue weighted by Gasteiger charge is 2.25. The molecule has 3 rings (SSSR count). The smallest absolute Gasteiger partial charge is 0.254 e. The number of nitrogens with zero attached hydrogens (tertiary/aromatic N) is 3. The van der Waals surface area contributed by atoms with Gasteiger partial charge in [-0.05, 0) is 26.0 Å². The third-order valence-electron chi connectivity index (χ3n) is 5.29.